The molecule has 63 heavy (non-hydrogen) atoms. The lowest BCUT2D eigenvalue weighted by atomic mass is 9.70. The number of aromatic nitrogens is 2. The zero-order chi connectivity index (χ0) is 41.5. The van der Waals surface area contributed by atoms with E-state index < -0.39 is 5.41 Å². The lowest BCUT2D eigenvalue weighted by Gasteiger charge is -2.32. The summed E-state index contributed by atoms with van der Waals surface area (Å²) in [6.07, 6.45) is 1.86. The van der Waals surface area contributed by atoms with Crippen molar-refractivity contribution in [2.75, 3.05) is 4.90 Å². The van der Waals surface area contributed by atoms with Crippen LogP contribution in [-0.2, 0) is 5.41 Å². The van der Waals surface area contributed by atoms with Gasteiger partial charge in [0.2, 0.25) is 0 Å². The fourth-order valence-electron chi connectivity index (χ4n) is 10.8. The number of rotatable bonds is 6. The summed E-state index contributed by atoms with van der Waals surface area (Å²) in [5, 5.41) is 2.51. The van der Waals surface area contributed by atoms with Crippen molar-refractivity contribution in [1.29, 1.82) is 0 Å². The summed E-state index contributed by atoms with van der Waals surface area (Å²) in [5.74, 6) is 0. The number of benzene rings is 9. The van der Waals surface area contributed by atoms with E-state index in [1.54, 1.807) is 0 Å². The first-order valence-corrected chi connectivity index (χ1v) is 21.7. The SMILES string of the molecule is c1ccc(-n2c3ccccc3c3ccc(-c4ccc(N(c5ccc(-c6ccccn6)cc5)c5ccc6c(c5)C5(c7ccccc7-c7ccccc75)c5ccccc5-6)cc4)cc32)cc1. The number of fused-ring (bicyclic) bond motifs is 13. The van der Waals surface area contributed by atoms with Gasteiger partial charge in [0.05, 0.1) is 22.1 Å². The second-order valence-corrected chi connectivity index (χ2v) is 16.7. The van der Waals surface area contributed by atoms with Crippen molar-refractivity contribution in [2.24, 2.45) is 0 Å². The number of nitrogens with zero attached hydrogens (tertiary/aromatic N) is 3. The number of hydrogen-bond acceptors (Lipinski definition) is 2. The van der Waals surface area contributed by atoms with Gasteiger partial charge in [-0.25, -0.2) is 0 Å². The van der Waals surface area contributed by atoms with E-state index >= 15 is 0 Å². The van der Waals surface area contributed by atoms with E-state index in [2.05, 4.69) is 233 Å². The predicted molar refractivity (Wildman–Crippen MR) is 260 cm³/mol. The Kier molecular flexibility index (Phi) is 7.82. The molecule has 294 valence electrons. The van der Waals surface area contributed by atoms with Gasteiger partial charge < -0.3 is 9.47 Å². The van der Waals surface area contributed by atoms with Gasteiger partial charge in [-0.05, 0) is 128 Å². The maximum Gasteiger partial charge on any atom is 0.0726 e. The molecule has 2 aliphatic rings. The molecular weight excluding hydrogens is 763 g/mol. The highest BCUT2D eigenvalue weighted by atomic mass is 15.1. The smallest absolute Gasteiger partial charge is 0.0726 e. The average Bonchev–Trinajstić information content (AvgIpc) is 3.96. The number of pyridine rings is 1. The van der Waals surface area contributed by atoms with Crippen LogP contribution in [-0.4, -0.2) is 9.55 Å². The average molecular weight is 802 g/mol. The van der Waals surface area contributed by atoms with E-state index in [1.165, 1.54) is 77.4 Å². The summed E-state index contributed by atoms with van der Waals surface area (Å²) >= 11 is 0. The van der Waals surface area contributed by atoms with Crippen molar-refractivity contribution in [2.45, 2.75) is 5.41 Å². The van der Waals surface area contributed by atoms with Crippen LogP contribution in [0.15, 0.2) is 237 Å². The Morgan fingerprint density at radius 3 is 1.52 bits per heavy atom. The van der Waals surface area contributed by atoms with Crippen molar-refractivity contribution in [3.05, 3.63) is 259 Å². The molecule has 3 heteroatoms. The molecule has 0 radical (unpaired) electrons. The van der Waals surface area contributed by atoms with Gasteiger partial charge in [-0.15, -0.1) is 0 Å². The summed E-state index contributed by atoms with van der Waals surface area (Å²) in [5.41, 5.74) is 21.3. The van der Waals surface area contributed by atoms with Crippen LogP contribution in [0.2, 0.25) is 0 Å². The van der Waals surface area contributed by atoms with Gasteiger partial charge in [0.15, 0.2) is 0 Å². The largest absolute Gasteiger partial charge is 0.310 e. The van der Waals surface area contributed by atoms with Crippen LogP contribution in [0.4, 0.5) is 17.1 Å². The fraction of sp³-hybridized carbons (Fsp3) is 0.0167. The van der Waals surface area contributed by atoms with Crippen LogP contribution < -0.4 is 4.90 Å². The lowest BCUT2D eigenvalue weighted by molar-refractivity contribution is 0.793. The minimum atomic E-state index is -0.436. The number of hydrogen-bond donors (Lipinski definition) is 0. The van der Waals surface area contributed by atoms with Gasteiger partial charge in [-0.2, -0.15) is 0 Å². The summed E-state index contributed by atoms with van der Waals surface area (Å²) in [7, 11) is 0. The van der Waals surface area contributed by atoms with E-state index in [4.69, 9.17) is 0 Å². The zero-order valence-electron chi connectivity index (χ0n) is 34.4. The van der Waals surface area contributed by atoms with Crippen LogP contribution in [0, 0.1) is 0 Å². The van der Waals surface area contributed by atoms with Gasteiger partial charge in [-0.3, -0.25) is 4.98 Å². The molecule has 11 aromatic rings. The molecule has 2 aliphatic carbocycles. The van der Waals surface area contributed by atoms with Gasteiger partial charge in [-0.1, -0.05) is 158 Å². The first-order valence-electron chi connectivity index (χ1n) is 21.7. The molecule has 0 N–H and O–H groups in total. The first-order chi connectivity index (χ1) is 31.3. The summed E-state index contributed by atoms with van der Waals surface area (Å²) < 4.78 is 2.39. The Morgan fingerprint density at radius 1 is 0.349 bits per heavy atom. The van der Waals surface area contributed by atoms with Crippen LogP contribution >= 0.6 is 0 Å². The van der Waals surface area contributed by atoms with Gasteiger partial charge in [0, 0.05) is 45.3 Å². The molecule has 2 heterocycles. The molecule has 0 saturated heterocycles. The van der Waals surface area contributed by atoms with Crippen LogP contribution in [0.1, 0.15) is 22.3 Å². The second-order valence-electron chi connectivity index (χ2n) is 16.7. The van der Waals surface area contributed by atoms with E-state index in [-0.39, 0.29) is 0 Å². The Balaban J connectivity index is 0.976. The van der Waals surface area contributed by atoms with Gasteiger partial charge >= 0.3 is 0 Å². The Labute approximate surface area is 366 Å². The Morgan fingerprint density at radius 2 is 0.873 bits per heavy atom. The normalized spacial score (nSPS) is 12.9. The molecule has 0 amide bonds. The summed E-state index contributed by atoms with van der Waals surface area (Å²) in [6, 6.07) is 84.5. The predicted octanol–water partition coefficient (Wildman–Crippen LogP) is 15.3. The molecule has 0 saturated carbocycles. The highest BCUT2D eigenvalue weighted by Gasteiger charge is 2.51. The number of anilines is 3. The van der Waals surface area contributed by atoms with E-state index in [0.29, 0.717) is 0 Å². The van der Waals surface area contributed by atoms with Gasteiger partial charge in [0.25, 0.3) is 0 Å². The van der Waals surface area contributed by atoms with Gasteiger partial charge in [0.1, 0.15) is 0 Å². The van der Waals surface area contributed by atoms with E-state index in [1.807, 2.05) is 18.3 Å². The molecule has 2 aromatic heterocycles. The monoisotopic (exact) mass is 801 g/mol. The Hall–Kier alpha value is -8.27. The van der Waals surface area contributed by atoms with E-state index in [0.717, 1.165) is 34.0 Å². The van der Waals surface area contributed by atoms with Crippen molar-refractivity contribution in [3.63, 3.8) is 0 Å². The molecule has 9 aromatic carbocycles. The Bertz CT molecular complexity index is 3490. The molecule has 0 fully saturated rings. The van der Waals surface area contributed by atoms with Crippen LogP contribution in [0.3, 0.4) is 0 Å². The highest BCUT2D eigenvalue weighted by molar-refractivity contribution is 6.10. The maximum absolute atomic E-state index is 4.65. The van der Waals surface area contributed by atoms with Crippen molar-refractivity contribution >= 4 is 38.9 Å². The third-order valence-electron chi connectivity index (χ3n) is 13.5. The third-order valence-corrected chi connectivity index (χ3v) is 13.5. The quantitative estimate of drug-likeness (QED) is 0.167. The highest BCUT2D eigenvalue weighted by Crippen LogP contribution is 2.63. The minimum absolute atomic E-state index is 0.436. The maximum atomic E-state index is 4.65. The third kappa shape index (κ3) is 5.23. The van der Waals surface area contributed by atoms with Crippen molar-refractivity contribution < 1.29 is 0 Å². The summed E-state index contributed by atoms with van der Waals surface area (Å²) in [6.45, 7) is 0. The van der Waals surface area contributed by atoms with E-state index in [9.17, 15) is 0 Å². The first kappa shape index (κ1) is 35.5. The standard InChI is InChI=1S/C60H39N3/c1-2-14-43(15-3-1)63-58-24-11-7-19-51(58)52-35-29-42(38-59(52)63)40-25-30-44(31-26-40)62(45-32-27-41(28-33-45)57-23-12-13-37-61-57)46-34-36-50-49-18-6-10-22-55(49)60(56(50)39-46)53-20-8-4-16-47(53)48-17-5-9-21-54(48)60/h1-39H. The van der Waals surface area contributed by atoms with Crippen molar-refractivity contribution in [3.8, 4) is 50.3 Å². The lowest BCUT2D eigenvalue weighted by Crippen LogP contribution is -2.26. The summed E-state index contributed by atoms with van der Waals surface area (Å²) in [4.78, 5) is 7.06. The van der Waals surface area contributed by atoms with Crippen LogP contribution in [0.5, 0.6) is 0 Å². The van der Waals surface area contributed by atoms with Crippen molar-refractivity contribution in [1.82, 2.24) is 9.55 Å². The zero-order valence-corrected chi connectivity index (χ0v) is 34.4. The minimum Gasteiger partial charge on any atom is -0.310 e. The molecule has 0 unspecified atom stereocenters. The molecular formula is C60H39N3. The second kappa shape index (κ2) is 13.9. The molecule has 13 rings (SSSR count). The topological polar surface area (TPSA) is 21.1 Å². The fourth-order valence-corrected chi connectivity index (χ4v) is 10.8. The molecule has 0 aliphatic heterocycles. The van der Waals surface area contributed by atoms with Crippen LogP contribution in [0.25, 0.3) is 72.1 Å². The number of para-hydroxylation sites is 2. The molecule has 1 spiro atoms. The molecule has 0 bridgehead atoms. The molecule has 3 nitrogen and oxygen atoms in total. The molecule has 0 atom stereocenters.